The molecule has 4 nitrogen and oxygen atoms in total. The van der Waals surface area contributed by atoms with Crippen LogP contribution in [0, 0.1) is 0 Å². The number of rotatable bonds is 3. The Morgan fingerprint density at radius 3 is 2.94 bits per heavy atom. The molecule has 5 heteroatoms. The van der Waals surface area contributed by atoms with E-state index >= 15 is 0 Å². The molecule has 18 heavy (non-hydrogen) atoms. The Labute approximate surface area is 109 Å². The van der Waals surface area contributed by atoms with Crippen molar-refractivity contribution in [3.05, 3.63) is 42.5 Å². The van der Waals surface area contributed by atoms with Crippen molar-refractivity contribution in [2.75, 3.05) is 0 Å². The van der Waals surface area contributed by atoms with Gasteiger partial charge in [0.2, 0.25) is 0 Å². The fourth-order valence-corrected chi connectivity index (χ4v) is 2.87. The van der Waals surface area contributed by atoms with Gasteiger partial charge in [0.25, 0.3) is 0 Å². The number of fused-ring (bicyclic) bond motifs is 1. The molecule has 0 amide bonds. The Hall–Kier alpha value is -1.88. The molecule has 0 unspecified atom stereocenters. The first-order valence-electron chi connectivity index (χ1n) is 5.78. The molecule has 3 rings (SSSR count). The van der Waals surface area contributed by atoms with Crippen molar-refractivity contribution in [3.63, 3.8) is 0 Å². The van der Waals surface area contributed by atoms with Gasteiger partial charge >= 0.3 is 0 Å². The third kappa shape index (κ3) is 1.97. The molecule has 0 saturated heterocycles. The molecule has 2 heterocycles. The van der Waals surface area contributed by atoms with Crippen molar-refractivity contribution < 1.29 is 0 Å². The van der Waals surface area contributed by atoms with Gasteiger partial charge in [0.05, 0.1) is 6.33 Å². The molecule has 3 aromatic rings. The Morgan fingerprint density at radius 1 is 1.17 bits per heavy atom. The van der Waals surface area contributed by atoms with Crippen LogP contribution < -0.4 is 0 Å². The van der Waals surface area contributed by atoms with E-state index in [0.717, 1.165) is 17.0 Å². The molecular weight excluding hydrogens is 244 g/mol. The predicted molar refractivity (Wildman–Crippen MR) is 71.6 cm³/mol. The Bertz CT molecular complexity index is 677. The van der Waals surface area contributed by atoms with E-state index < -0.39 is 0 Å². The molecule has 1 N–H and O–H groups in total. The summed E-state index contributed by atoms with van der Waals surface area (Å²) < 4.78 is 0. The smallest absolute Gasteiger partial charge is 0.181 e. The molecule has 0 atom stereocenters. The fourth-order valence-electron chi connectivity index (χ4n) is 1.82. The zero-order chi connectivity index (χ0) is 12.4. The zero-order valence-electron chi connectivity index (χ0n) is 9.92. The molecule has 90 valence electrons. The number of hydrogen-bond acceptors (Lipinski definition) is 4. The third-order valence-electron chi connectivity index (χ3n) is 2.75. The Balaban J connectivity index is 2.04. The average Bonchev–Trinajstić information content (AvgIpc) is 2.89. The third-order valence-corrected chi connectivity index (χ3v) is 3.87. The highest BCUT2D eigenvalue weighted by Gasteiger charge is 2.09. The van der Waals surface area contributed by atoms with Gasteiger partial charge in [-0.2, -0.15) is 0 Å². The lowest BCUT2D eigenvalue weighted by Gasteiger charge is -2.06. The molecule has 0 saturated carbocycles. The highest BCUT2D eigenvalue weighted by molar-refractivity contribution is 7.99. The number of nitrogens with one attached hydrogen (secondary N) is 1. The van der Waals surface area contributed by atoms with Gasteiger partial charge < -0.3 is 4.98 Å². The van der Waals surface area contributed by atoms with E-state index in [1.807, 2.05) is 6.07 Å². The van der Waals surface area contributed by atoms with E-state index in [-0.39, 0.29) is 0 Å². The van der Waals surface area contributed by atoms with Gasteiger partial charge in [0.1, 0.15) is 16.9 Å². The second-order valence-corrected chi connectivity index (χ2v) is 4.87. The van der Waals surface area contributed by atoms with Crippen LogP contribution >= 0.6 is 11.8 Å². The minimum absolute atomic E-state index is 0.710. The van der Waals surface area contributed by atoms with Crippen molar-refractivity contribution >= 4 is 22.9 Å². The summed E-state index contributed by atoms with van der Waals surface area (Å²) >= 11 is 1.65. The van der Waals surface area contributed by atoms with Gasteiger partial charge in [0.15, 0.2) is 5.65 Å². The summed E-state index contributed by atoms with van der Waals surface area (Å²) in [6, 6.07) is 8.38. The first-order chi connectivity index (χ1) is 8.88. The van der Waals surface area contributed by atoms with Gasteiger partial charge in [-0.1, -0.05) is 36.9 Å². The van der Waals surface area contributed by atoms with Gasteiger partial charge in [-0.15, -0.1) is 0 Å². The lowest BCUT2D eigenvalue weighted by molar-refractivity contribution is 1.06. The molecular formula is C13H12N4S. The maximum absolute atomic E-state index is 4.33. The maximum Gasteiger partial charge on any atom is 0.181 e. The highest BCUT2D eigenvalue weighted by atomic mass is 32.2. The second kappa shape index (κ2) is 4.78. The van der Waals surface area contributed by atoms with Crippen LogP contribution in [-0.2, 0) is 6.42 Å². The molecule has 2 aromatic heterocycles. The quantitative estimate of drug-likeness (QED) is 0.732. The average molecular weight is 256 g/mol. The molecule has 0 bridgehead atoms. The van der Waals surface area contributed by atoms with Crippen LogP contribution in [-0.4, -0.2) is 19.9 Å². The summed E-state index contributed by atoms with van der Waals surface area (Å²) in [5.74, 6) is 0. The summed E-state index contributed by atoms with van der Waals surface area (Å²) in [7, 11) is 0. The van der Waals surface area contributed by atoms with E-state index in [0.29, 0.717) is 5.65 Å². The zero-order valence-corrected chi connectivity index (χ0v) is 10.7. The minimum Gasteiger partial charge on any atom is -0.341 e. The van der Waals surface area contributed by atoms with E-state index in [1.54, 1.807) is 24.4 Å². The fraction of sp³-hybridized carbons (Fsp3) is 0.154. The van der Waals surface area contributed by atoms with Crippen LogP contribution in [0.4, 0.5) is 0 Å². The van der Waals surface area contributed by atoms with Crippen molar-refractivity contribution in [2.24, 2.45) is 0 Å². The lowest BCUT2D eigenvalue weighted by Crippen LogP contribution is -1.88. The molecule has 0 fully saturated rings. The molecule has 0 spiro atoms. The van der Waals surface area contributed by atoms with Crippen LogP contribution in [0.1, 0.15) is 12.5 Å². The van der Waals surface area contributed by atoms with Gasteiger partial charge in [0, 0.05) is 4.90 Å². The van der Waals surface area contributed by atoms with E-state index in [1.165, 1.54) is 10.5 Å². The minimum atomic E-state index is 0.710. The van der Waals surface area contributed by atoms with Gasteiger partial charge in [-0.05, 0) is 18.1 Å². The number of nitrogens with zero attached hydrogens (tertiary/aromatic N) is 3. The van der Waals surface area contributed by atoms with Crippen LogP contribution in [0.3, 0.4) is 0 Å². The number of benzene rings is 1. The Morgan fingerprint density at radius 2 is 2.06 bits per heavy atom. The number of H-pyrrole nitrogens is 1. The van der Waals surface area contributed by atoms with Gasteiger partial charge in [-0.25, -0.2) is 15.0 Å². The second-order valence-electron chi connectivity index (χ2n) is 3.84. The van der Waals surface area contributed by atoms with Crippen molar-refractivity contribution in [3.8, 4) is 0 Å². The predicted octanol–water partition coefficient (Wildman–Crippen LogP) is 3.07. The number of aromatic amines is 1. The largest absolute Gasteiger partial charge is 0.341 e. The van der Waals surface area contributed by atoms with Crippen LogP contribution in [0.15, 0.2) is 46.8 Å². The monoisotopic (exact) mass is 256 g/mol. The summed E-state index contributed by atoms with van der Waals surface area (Å²) in [6.07, 6.45) is 4.22. The summed E-state index contributed by atoms with van der Waals surface area (Å²) in [5, 5.41) is 0.915. The summed E-state index contributed by atoms with van der Waals surface area (Å²) in [6.45, 7) is 2.16. The SMILES string of the molecule is CCc1ccccc1Sc1ncnc2nc[nH]c12. The standard InChI is InChI=1S/C13H12N4S/c1-2-9-5-3-4-6-10(9)18-13-11-12(15-7-14-11)16-8-17-13/h3-8H,2H2,1H3,(H,14,15,16,17). The number of aromatic nitrogens is 4. The van der Waals surface area contributed by atoms with Crippen molar-refractivity contribution in [1.82, 2.24) is 19.9 Å². The van der Waals surface area contributed by atoms with E-state index in [9.17, 15) is 0 Å². The Kier molecular flexibility index (Phi) is 2.98. The van der Waals surface area contributed by atoms with E-state index in [4.69, 9.17) is 0 Å². The van der Waals surface area contributed by atoms with E-state index in [2.05, 4.69) is 45.1 Å². The topological polar surface area (TPSA) is 54.5 Å². The van der Waals surface area contributed by atoms with Gasteiger partial charge in [-0.3, -0.25) is 0 Å². The molecule has 0 radical (unpaired) electrons. The summed E-state index contributed by atoms with van der Waals surface area (Å²) in [4.78, 5) is 16.9. The first kappa shape index (κ1) is 11.2. The number of aryl methyl sites for hydroxylation is 1. The maximum atomic E-state index is 4.33. The molecule has 0 aliphatic carbocycles. The number of imidazole rings is 1. The van der Waals surface area contributed by atoms with Crippen molar-refractivity contribution in [2.45, 2.75) is 23.3 Å². The summed E-state index contributed by atoms with van der Waals surface area (Å²) in [5.41, 5.74) is 2.93. The molecule has 0 aliphatic rings. The van der Waals surface area contributed by atoms with Crippen LogP contribution in [0.5, 0.6) is 0 Å². The van der Waals surface area contributed by atoms with Crippen LogP contribution in [0.25, 0.3) is 11.2 Å². The highest BCUT2D eigenvalue weighted by Crippen LogP contribution is 2.32. The first-order valence-corrected chi connectivity index (χ1v) is 6.60. The molecule has 1 aromatic carbocycles. The van der Waals surface area contributed by atoms with Crippen LogP contribution in [0.2, 0.25) is 0 Å². The normalized spacial score (nSPS) is 10.9. The molecule has 0 aliphatic heterocycles. The van der Waals surface area contributed by atoms with Crippen molar-refractivity contribution in [1.29, 1.82) is 0 Å². The number of hydrogen-bond donors (Lipinski definition) is 1. The lowest BCUT2D eigenvalue weighted by atomic mass is 10.2.